The molecule has 1 aromatic rings. The van der Waals surface area contributed by atoms with Crippen LogP contribution in [0.15, 0.2) is 29.2 Å². The second-order valence-corrected chi connectivity index (χ2v) is 8.28. The normalized spacial score (nSPS) is 17.4. The van der Waals surface area contributed by atoms with Crippen LogP contribution >= 0.6 is 0 Å². The van der Waals surface area contributed by atoms with Crippen molar-refractivity contribution in [2.75, 3.05) is 38.2 Å². The number of morpholine rings is 1. The molecule has 1 aliphatic heterocycles. The monoisotopic (exact) mass is 369 g/mol. The van der Waals surface area contributed by atoms with Gasteiger partial charge in [0.1, 0.15) is 0 Å². The van der Waals surface area contributed by atoms with Crippen molar-refractivity contribution in [3.63, 3.8) is 0 Å². The molecule has 0 aliphatic carbocycles. The molecular weight excluding hydrogens is 342 g/mol. The number of carbonyl (C=O) groups excluding carboxylic acids is 1. The van der Waals surface area contributed by atoms with Crippen LogP contribution in [0.4, 0.5) is 5.69 Å². The zero-order valence-corrected chi connectivity index (χ0v) is 15.8. The van der Waals surface area contributed by atoms with E-state index in [1.54, 1.807) is 12.1 Å². The van der Waals surface area contributed by atoms with E-state index in [0.717, 1.165) is 13.1 Å². The minimum Gasteiger partial charge on any atom is -0.379 e. The van der Waals surface area contributed by atoms with E-state index in [0.29, 0.717) is 31.4 Å². The van der Waals surface area contributed by atoms with Crippen molar-refractivity contribution >= 4 is 21.6 Å². The number of carbonyl (C=O) groups is 1. The smallest absolute Gasteiger partial charge is 0.240 e. The van der Waals surface area contributed by atoms with Crippen molar-refractivity contribution in [3.05, 3.63) is 24.3 Å². The molecule has 0 bridgehead atoms. The molecule has 140 valence electrons. The van der Waals surface area contributed by atoms with Crippen LogP contribution in [0.5, 0.6) is 0 Å². The molecule has 0 saturated carbocycles. The minimum absolute atomic E-state index is 0.123. The largest absolute Gasteiger partial charge is 0.379 e. The summed E-state index contributed by atoms with van der Waals surface area (Å²) in [7, 11) is -3.59. The van der Waals surface area contributed by atoms with Crippen molar-refractivity contribution in [1.82, 2.24) is 9.62 Å². The van der Waals surface area contributed by atoms with Crippen LogP contribution in [-0.4, -0.2) is 58.1 Å². The second kappa shape index (κ2) is 8.75. The maximum Gasteiger partial charge on any atom is 0.240 e. The highest BCUT2D eigenvalue weighted by Crippen LogP contribution is 2.16. The number of nitrogens with zero attached hydrogens (tertiary/aromatic N) is 1. The lowest BCUT2D eigenvalue weighted by Gasteiger charge is -2.36. The number of ether oxygens (including phenoxy) is 1. The van der Waals surface area contributed by atoms with Crippen molar-refractivity contribution in [2.45, 2.75) is 31.7 Å². The molecule has 1 saturated heterocycles. The van der Waals surface area contributed by atoms with Crippen molar-refractivity contribution < 1.29 is 17.9 Å². The van der Waals surface area contributed by atoms with Gasteiger partial charge in [0.15, 0.2) is 0 Å². The van der Waals surface area contributed by atoms with E-state index in [2.05, 4.69) is 28.8 Å². The van der Waals surface area contributed by atoms with Gasteiger partial charge in [-0.3, -0.25) is 9.69 Å². The molecule has 0 aromatic heterocycles. The van der Waals surface area contributed by atoms with Crippen LogP contribution in [0.1, 0.15) is 20.8 Å². The first-order valence-corrected chi connectivity index (χ1v) is 9.97. The van der Waals surface area contributed by atoms with E-state index >= 15 is 0 Å². The zero-order chi connectivity index (χ0) is 18.4. The van der Waals surface area contributed by atoms with Gasteiger partial charge in [-0.25, -0.2) is 13.1 Å². The summed E-state index contributed by atoms with van der Waals surface area (Å²) in [4.78, 5) is 13.5. The molecule has 8 heteroatoms. The van der Waals surface area contributed by atoms with E-state index < -0.39 is 10.0 Å². The second-order valence-electron chi connectivity index (χ2n) is 6.52. The summed E-state index contributed by atoms with van der Waals surface area (Å²) in [5, 5.41) is 2.62. The molecule has 1 atom stereocenters. The van der Waals surface area contributed by atoms with E-state index in [-0.39, 0.29) is 16.8 Å². The van der Waals surface area contributed by atoms with Gasteiger partial charge in [-0.2, -0.15) is 0 Å². The van der Waals surface area contributed by atoms with Crippen LogP contribution in [0.25, 0.3) is 0 Å². The first kappa shape index (κ1) is 19.8. The van der Waals surface area contributed by atoms with Crippen LogP contribution in [-0.2, 0) is 19.6 Å². The summed E-state index contributed by atoms with van der Waals surface area (Å²) in [5.41, 5.74) is 0.569. The summed E-state index contributed by atoms with van der Waals surface area (Å²) in [6, 6.07) is 6.27. The average Bonchev–Trinajstić information content (AvgIpc) is 2.55. The van der Waals surface area contributed by atoms with Crippen molar-refractivity contribution in [2.24, 2.45) is 5.92 Å². The highest BCUT2D eigenvalue weighted by molar-refractivity contribution is 7.89. The fraction of sp³-hybridized carbons (Fsp3) is 0.588. The lowest BCUT2D eigenvalue weighted by molar-refractivity contribution is -0.114. The van der Waals surface area contributed by atoms with Gasteiger partial charge in [-0.15, -0.1) is 0 Å². The standard InChI is InChI=1S/C17H27N3O4S/c1-13(2)17(20-8-10-24-11-9-20)12-18-25(22,23)16-6-4-15(5-7-16)19-14(3)21/h4-7,13,17-18H,8-12H2,1-3H3,(H,19,21)/t17-/m0/s1. The maximum absolute atomic E-state index is 12.5. The highest BCUT2D eigenvalue weighted by Gasteiger charge is 2.25. The van der Waals surface area contributed by atoms with Crippen molar-refractivity contribution in [1.29, 1.82) is 0 Å². The average molecular weight is 369 g/mol. The lowest BCUT2D eigenvalue weighted by Crippen LogP contribution is -2.51. The number of nitrogens with one attached hydrogen (secondary N) is 2. The fourth-order valence-electron chi connectivity index (χ4n) is 2.89. The molecule has 1 fully saturated rings. The topological polar surface area (TPSA) is 87.7 Å². The third-order valence-corrected chi connectivity index (χ3v) is 5.69. The third kappa shape index (κ3) is 5.78. The molecular formula is C17H27N3O4S. The van der Waals surface area contributed by atoms with E-state index in [1.165, 1.54) is 19.1 Å². The first-order chi connectivity index (χ1) is 11.8. The van der Waals surface area contributed by atoms with E-state index in [9.17, 15) is 13.2 Å². The third-order valence-electron chi connectivity index (χ3n) is 4.25. The Balaban J connectivity index is 2.02. The zero-order valence-electron chi connectivity index (χ0n) is 15.0. The van der Waals surface area contributed by atoms with Gasteiger partial charge < -0.3 is 10.1 Å². The molecule has 25 heavy (non-hydrogen) atoms. The van der Waals surface area contributed by atoms with Gasteiger partial charge in [0, 0.05) is 38.3 Å². The Morgan fingerprint density at radius 1 is 1.20 bits per heavy atom. The molecule has 2 N–H and O–H groups in total. The SMILES string of the molecule is CC(=O)Nc1ccc(S(=O)(=O)NC[C@@H](C(C)C)N2CCOCC2)cc1. The van der Waals surface area contributed by atoms with Crippen LogP contribution in [0.2, 0.25) is 0 Å². The predicted molar refractivity (Wildman–Crippen MR) is 97.0 cm³/mol. The summed E-state index contributed by atoms with van der Waals surface area (Å²) in [6.07, 6.45) is 0. The molecule has 0 radical (unpaired) electrons. The molecule has 1 aromatic carbocycles. The van der Waals surface area contributed by atoms with Gasteiger partial charge in [-0.05, 0) is 30.2 Å². The molecule has 1 aliphatic rings. The van der Waals surface area contributed by atoms with Gasteiger partial charge in [0.25, 0.3) is 0 Å². The summed E-state index contributed by atoms with van der Waals surface area (Å²) < 4.78 is 33.2. The van der Waals surface area contributed by atoms with Gasteiger partial charge in [0.2, 0.25) is 15.9 Å². The predicted octanol–water partition coefficient (Wildman–Crippen LogP) is 1.28. The Labute approximate surface area is 149 Å². The summed E-state index contributed by atoms with van der Waals surface area (Å²) >= 11 is 0. The quantitative estimate of drug-likeness (QED) is 0.756. The van der Waals surface area contributed by atoms with Gasteiger partial charge in [0.05, 0.1) is 18.1 Å². The first-order valence-electron chi connectivity index (χ1n) is 8.48. The Hall–Kier alpha value is -1.48. The number of benzene rings is 1. The number of hydrogen-bond acceptors (Lipinski definition) is 5. The molecule has 1 heterocycles. The van der Waals surface area contributed by atoms with Crippen LogP contribution in [0.3, 0.4) is 0 Å². The molecule has 2 rings (SSSR count). The highest BCUT2D eigenvalue weighted by atomic mass is 32.2. The van der Waals surface area contributed by atoms with Gasteiger partial charge >= 0.3 is 0 Å². The number of amides is 1. The summed E-state index contributed by atoms with van der Waals surface area (Å²) in [6.45, 7) is 8.94. The Morgan fingerprint density at radius 2 is 1.80 bits per heavy atom. The number of sulfonamides is 1. The Kier molecular flexibility index (Phi) is 6.95. The molecule has 1 amide bonds. The fourth-order valence-corrected chi connectivity index (χ4v) is 3.95. The van der Waals surface area contributed by atoms with Crippen LogP contribution in [0, 0.1) is 5.92 Å². The molecule has 7 nitrogen and oxygen atoms in total. The van der Waals surface area contributed by atoms with E-state index in [1.807, 2.05) is 0 Å². The molecule has 0 unspecified atom stereocenters. The van der Waals surface area contributed by atoms with Gasteiger partial charge in [-0.1, -0.05) is 13.8 Å². The maximum atomic E-state index is 12.5. The number of anilines is 1. The van der Waals surface area contributed by atoms with Crippen molar-refractivity contribution in [3.8, 4) is 0 Å². The Bertz CT molecular complexity index is 668. The lowest BCUT2D eigenvalue weighted by atomic mass is 10.0. The number of rotatable bonds is 7. The summed E-state index contributed by atoms with van der Waals surface area (Å²) in [5.74, 6) is 0.127. The van der Waals surface area contributed by atoms with E-state index in [4.69, 9.17) is 4.74 Å². The Morgan fingerprint density at radius 3 is 2.32 bits per heavy atom. The number of hydrogen-bond donors (Lipinski definition) is 2. The minimum atomic E-state index is -3.59. The molecule has 0 spiro atoms. The van der Waals surface area contributed by atoms with Crippen LogP contribution < -0.4 is 10.0 Å².